The number of nitrogens with zero attached hydrogens (tertiary/aromatic N) is 1. The largest absolute Gasteiger partial charge is 0.481 e. The number of carbonyl (C=O) groups excluding carboxylic acids is 1. The van der Waals surface area contributed by atoms with Crippen molar-refractivity contribution in [2.75, 3.05) is 6.61 Å². The number of amides is 1. The molecule has 0 bridgehead atoms. The van der Waals surface area contributed by atoms with Gasteiger partial charge in [-0.05, 0) is 33.6 Å². The fraction of sp³-hybridized carbons (Fsp3) is 0.846. The average Bonchev–Trinajstić information content (AvgIpc) is 2.29. The Balaban J connectivity index is 2.88. The van der Waals surface area contributed by atoms with Crippen molar-refractivity contribution in [1.82, 2.24) is 4.90 Å². The number of ether oxygens (including phenoxy) is 1. The summed E-state index contributed by atoms with van der Waals surface area (Å²) in [7, 11) is 0. The summed E-state index contributed by atoms with van der Waals surface area (Å²) in [6.45, 7) is 5.85. The summed E-state index contributed by atoms with van der Waals surface area (Å²) in [4.78, 5) is 24.9. The summed E-state index contributed by atoms with van der Waals surface area (Å²) in [6, 6.07) is -0.288. The van der Waals surface area contributed by atoms with Crippen LogP contribution in [0.2, 0.25) is 0 Å². The van der Waals surface area contributed by atoms with Crippen LogP contribution in [0.25, 0.3) is 0 Å². The number of aliphatic carboxylic acids is 1. The SMILES string of the molecule is CCOC(=O)N(C(C)C)C1CCCCC1C(=O)O. The minimum Gasteiger partial charge on any atom is -0.481 e. The summed E-state index contributed by atoms with van der Waals surface area (Å²) >= 11 is 0. The second-order valence-corrected chi connectivity index (χ2v) is 5.00. The van der Waals surface area contributed by atoms with E-state index in [0.29, 0.717) is 13.0 Å². The molecule has 1 amide bonds. The molecule has 5 heteroatoms. The summed E-state index contributed by atoms with van der Waals surface area (Å²) in [5.74, 6) is -1.28. The molecule has 5 nitrogen and oxygen atoms in total. The molecule has 1 aliphatic rings. The molecule has 0 aromatic heterocycles. The fourth-order valence-corrected chi connectivity index (χ4v) is 2.66. The molecular weight excluding hydrogens is 234 g/mol. The Morgan fingerprint density at radius 3 is 2.44 bits per heavy atom. The van der Waals surface area contributed by atoms with Gasteiger partial charge in [0.25, 0.3) is 0 Å². The number of carboxylic acid groups (broad SMARTS) is 1. The van der Waals surface area contributed by atoms with Gasteiger partial charge in [-0.15, -0.1) is 0 Å². The summed E-state index contributed by atoms with van der Waals surface area (Å²) in [5.41, 5.74) is 0. The van der Waals surface area contributed by atoms with Crippen LogP contribution in [0.5, 0.6) is 0 Å². The lowest BCUT2D eigenvalue weighted by molar-refractivity contribution is -0.145. The van der Waals surface area contributed by atoms with E-state index >= 15 is 0 Å². The summed E-state index contributed by atoms with van der Waals surface area (Å²) in [5, 5.41) is 9.27. The van der Waals surface area contributed by atoms with Crippen molar-refractivity contribution in [2.24, 2.45) is 5.92 Å². The van der Waals surface area contributed by atoms with Crippen LogP contribution < -0.4 is 0 Å². The van der Waals surface area contributed by atoms with E-state index in [1.807, 2.05) is 13.8 Å². The molecule has 2 unspecified atom stereocenters. The number of carboxylic acids is 1. The number of hydrogen-bond donors (Lipinski definition) is 1. The van der Waals surface area contributed by atoms with Gasteiger partial charge in [-0.2, -0.15) is 0 Å². The quantitative estimate of drug-likeness (QED) is 0.840. The summed E-state index contributed by atoms with van der Waals surface area (Å²) in [6.07, 6.45) is 2.88. The van der Waals surface area contributed by atoms with Crippen LogP contribution in [0.15, 0.2) is 0 Å². The van der Waals surface area contributed by atoms with Crippen molar-refractivity contribution in [2.45, 2.75) is 58.5 Å². The second-order valence-electron chi connectivity index (χ2n) is 5.00. The van der Waals surface area contributed by atoms with Crippen molar-refractivity contribution in [3.63, 3.8) is 0 Å². The predicted molar refractivity (Wildman–Crippen MR) is 67.4 cm³/mol. The highest BCUT2D eigenvalue weighted by Crippen LogP contribution is 2.30. The van der Waals surface area contributed by atoms with E-state index in [2.05, 4.69) is 0 Å². The van der Waals surface area contributed by atoms with E-state index in [4.69, 9.17) is 4.74 Å². The molecule has 0 aliphatic heterocycles. The third-order valence-corrected chi connectivity index (χ3v) is 3.44. The molecule has 0 saturated heterocycles. The minimum absolute atomic E-state index is 0.0472. The van der Waals surface area contributed by atoms with Gasteiger partial charge in [0.2, 0.25) is 0 Å². The van der Waals surface area contributed by atoms with Gasteiger partial charge >= 0.3 is 12.1 Å². The molecule has 18 heavy (non-hydrogen) atoms. The normalized spacial score (nSPS) is 23.8. The minimum atomic E-state index is -0.811. The van der Waals surface area contributed by atoms with Gasteiger partial charge < -0.3 is 14.7 Å². The molecule has 0 heterocycles. The monoisotopic (exact) mass is 257 g/mol. The van der Waals surface area contributed by atoms with Gasteiger partial charge in [-0.25, -0.2) is 4.79 Å². The van der Waals surface area contributed by atoms with Crippen LogP contribution in [0.1, 0.15) is 46.5 Å². The van der Waals surface area contributed by atoms with Crippen molar-refractivity contribution in [3.8, 4) is 0 Å². The number of hydrogen-bond acceptors (Lipinski definition) is 3. The second kappa shape index (κ2) is 6.61. The molecule has 1 saturated carbocycles. The van der Waals surface area contributed by atoms with E-state index in [9.17, 15) is 14.7 Å². The molecule has 0 radical (unpaired) electrons. The zero-order valence-electron chi connectivity index (χ0n) is 11.4. The standard InChI is InChI=1S/C13H23NO4/c1-4-18-13(17)14(9(2)3)11-8-6-5-7-10(11)12(15)16/h9-11H,4-8H2,1-3H3,(H,15,16). The van der Waals surface area contributed by atoms with Gasteiger partial charge in [0.1, 0.15) is 0 Å². The predicted octanol–water partition coefficient (Wildman–Crippen LogP) is 2.50. The molecule has 1 N–H and O–H groups in total. The summed E-state index contributed by atoms with van der Waals surface area (Å²) < 4.78 is 5.04. The first-order chi connectivity index (χ1) is 8.49. The number of carbonyl (C=O) groups is 2. The van der Waals surface area contributed by atoms with Crippen molar-refractivity contribution >= 4 is 12.1 Å². The average molecular weight is 257 g/mol. The highest BCUT2D eigenvalue weighted by molar-refractivity contribution is 5.74. The van der Waals surface area contributed by atoms with Crippen molar-refractivity contribution in [3.05, 3.63) is 0 Å². The van der Waals surface area contributed by atoms with Gasteiger partial charge in [0.15, 0.2) is 0 Å². The van der Waals surface area contributed by atoms with Crippen LogP contribution in [-0.2, 0) is 9.53 Å². The van der Waals surface area contributed by atoms with E-state index in [1.165, 1.54) is 0 Å². The third-order valence-electron chi connectivity index (χ3n) is 3.44. The Kier molecular flexibility index (Phi) is 5.44. The first kappa shape index (κ1) is 14.8. The van der Waals surface area contributed by atoms with Gasteiger partial charge in [-0.3, -0.25) is 4.79 Å². The lowest BCUT2D eigenvalue weighted by Gasteiger charge is -2.39. The molecule has 1 fully saturated rings. The molecule has 0 aromatic carbocycles. The van der Waals surface area contributed by atoms with Crippen LogP contribution in [0.3, 0.4) is 0 Å². The Morgan fingerprint density at radius 2 is 1.94 bits per heavy atom. The Morgan fingerprint density at radius 1 is 1.33 bits per heavy atom. The highest BCUT2D eigenvalue weighted by atomic mass is 16.6. The maximum absolute atomic E-state index is 12.0. The lowest BCUT2D eigenvalue weighted by atomic mass is 9.83. The molecule has 0 aromatic rings. The Hall–Kier alpha value is -1.26. The van der Waals surface area contributed by atoms with Crippen LogP contribution in [0.4, 0.5) is 4.79 Å². The maximum atomic E-state index is 12.0. The van der Waals surface area contributed by atoms with Crippen LogP contribution in [0, 0.1) is 5.92 Å². The van der Waals surface area contributed by atoms with Gasteiger partial charge in [-0.1, -0.05) is 12.8 Å². The first-order valence-electron chi connectivity index (χ1n) is 6.66. The van der Waals surface area contributed by atoms with E-state index < -0.39 is 18.0 Å². The maximum Gasteiger partial charge on any atom is 0.410 e. The van der Waals surface area contributed by atoms with Crippen molar-refractivity contribution < 1.29 is 19.4 Å². The Labute approximate surface area is 108 Å². The van der Waals surface area contributed by atoms with Crippen LogP contribution in [-0.4, -0.2) is 40.8 Å². The fourth-order valence-electron chi connectivity index (χ4n) is 2.66. The molecular formula is C13H23NO4. The topological polar surface area (TPSA) is 66.8 Å². The van der Waals surface area contributed by atoms with Gasteiger partial charge in [0.05, 0.1) is 12.5 Å². The number of rotatable bonds is 4. The Bertz CT molecular complexity index is 303. The molecule has 1 aliphatic carbocycles. The van der Waals surface area contributed by atoms with Crippen molar-refractivity contribution in [1.29, 1.82) is 0 Å². The van der Waals surface area contributed by atoms with Gasteiger partial charge in [0, 0.05) is 12.1 Å². The molecule has 1 rings (SSSR count). The van der Waals surface area contributed by atoms with E-state index in [0.717, 1.165) is 19.3 Å². The first-order valence-corrected chi connectivity index (χ1v) is 6.66. The molecule has 0 spiro atoms. The zero-order chi connectivity index (χ0) is 13.7. The third kappa shape index (κ3) is 3.37. The molecule has 104 valence electrons. The highest BCUT2D eigenvalue weighted by Gasteiger charge is 2.38. The molecule has 2 atom stereocenters. The smallest absolute Gasteiger partial charge is 0.410 e. The van der Waals surface area contributed by atoms with E-state index in [-0.39, 0.29) is 12.1 Å². The van der Waals surface area contributed by atoms with E-state index in [1.54, 1.807) is 11.8 Å². The van der Waals surface area contributed by atoms with Crippen LogP contribution >= 0.6 is 0 Å². The lowest BCUT2D eigenvalue weighted by Crippen LogP contribution is -2.51. The zero-order valence-corrected chi connectivity index (χ0v) is 11.4.